The molecular formula is C26H24N2. The van der Waals surface area contributed by atoms with Crippen molar-refractivity contribution in [3.05, 3.63) is 132 Å². The highest BCUT2D eigenvalue weighted by Gasteiger charge is 2.25. The van der Waals surface area contributed by atoms with Crippen LogP contribution in [0.4, 0.5) is 0 Å². The van der Waals surface area contributed by atoms with Gasteiger partial charge in [-0.15, -0.1) is 0 Å². The predicted molar refractivity (Wildman–Crippen MR) is 114 cm³/mol. The van der Waals surface area contributed by atoms with E-state index in [4.69, 9.17) is 0 Å². The predicted octanol–water partition coefficient (Wildman–Crippen LogP) is 5.83. The van der Waals surface area contributed by atoms with Gasteiger partial charge < -0.3 is 0 Å². The van der Waals surface area contributed by atoms with Crippen molar-refractivity contribution in [2.75, 3.05) is 0 Å². The maximum atomic E-state index is 4.19. The maximum absolute atomic E-state index is 4.19. The Bertz CT molecular complexity index is 871. The van der Waals surface area contributed by atoms with E-state index in [9.17, 15) is 0 Å². The highest BCUT2D eigenvalue weighted by molar-refractivity contribution is 5.33. The first-order valence-corrected chi connectivity index (χ1v) is 9.78. The van der Waals surface area contributed by atoms with Gasteiger partial charge in [0.25, 0.3) is 0 Å². The molecule has 0 N–H and O–H groups in total. The van der Waals surface area contributed by atoms with Crippen molar-refractivity contribution in [2.45, 2.75) is 24.7 Å². The molecule has 0 saturated carbocycles. The van der Waals surface area contributed by atoms with Crippen molar-refractivity contribution in [2.24, 2.45) is 0 Å². The number of benzene rings is 2. The molecule has 0 aliphatic heterocycles. The van der Waals surface area contributed by atoms with Crippen LogP contribution in [-0.4, -0.2) is 9.97 Å². The Kier molecular flexibility index (Phi) is 5.89. The molecule has 2 heterocycles. The average Bonchev–Trinajstić information content (AvgIpc) is 2.79. The van der Waals surface area contributed by atoms with Gasteiger partial charge in [-0.2, -0.15) is 0 Å². The first-order valence-electron chi connectivity index (χ1n) is 9.78. The van der Waals surface area contributed by atoms with Crippen LogP contribution in [-0.2, 0) is 12.8 Å². The van der Waals surface area contributed by atoms with Crippen molar-refractivity contribution in [3.63, 3.8) is 0 Å². The molecule has 2 heteroatoms. The third kappa shape index (κ3) is 4.52. The molecule has 28 heavy (non-hydrogen) atoms. The van der Waals surface area contributed by atoms with Crippen LogP contribution in [0.2, 0.25) is 0 Å². The van der Waals surface area contributed by atoms with Crippen molar-refractivity contribution in [3.8, 4) is 0 Å². The molecule has 2 aromatic heterocycles. The lowest BCUT2D eigenvalue weighted by Gasteiger charge is -2.29. The summed E-state index contributed by atoms with van der Waals surface area (Å²) in [7, 11) is 0. The van der Waals surface area contributed by atoms with E-state index < -0.39 is 0 Å². The van der Waals surface area contributed by atoms with E-state index >= 15 is 0 Å². The molecule has 0 fully saturated rings. The molecule has 0 radical (unpaired) electrons. The third-order valence-corrected chi connectivity index (χ3v) is 5.35. The van der Waals surface area contributed by atoms with Gasteiger partial charge in [-0.1, -0.05) is 60.7 Å². The van der Waals surface area contributed by atoms with E-state index in [0.29, 0.717) is 11.8 Å². The summed E-state index contributed by atoms with van der Waals surface area (Å²) in [6.45, 7) is 0. The molecule has 0 aliphatic rings. The fourth-order valence-electron chi connectivity index (χ4n) is 3.93. The minimum atomic E-state index is 0.374. The van der Waals surface area contributed by atoms with Gasteiger partial charge in [0.1, 0.15) is 0 Å². The second-order valence-corrected chi connectivity index (χ2v) is 7.15. The zero-order valence-electron chi connectivity index (χ0n) is 15.9. The number of pyridine rings is 2. The molecule has 0 saturated heterocycles. The summed E-state index contributed by atoms with van der Waals surface area (Å²) in [6, 6.07) is 30.3. The summed E-state index contributed by atoms with van der Waals surface area (Å²) in [5.74, 6) is 0.748. The summed E-state index contributed by atoms with van der Waals surface area (Å²) >= 11 is 0. The van der Waals surface area contributed by atoms with Crippen LogP contribution >= 0.6 is 0 Å². The summed E-state index contributed by atoms with van der Waals surface area (Å²) in [5.41, 5.74) is 5.39. The Morgan fingerprint density at radius 3 is 1.18 bits per heavy atom. The van der Waals surface area contributed by atoms with Crippen molar-refractivity contribution in [1.29, 1.82) is 0 Å². The van der Waals surface area contributed by atoms with Crippen molar-refractivity contribution in [1.82, 2.24) is 9.97 Å². The fourth-order valence-corrected chi connectivity index (χ4v) is 3.93. The molecule has 0 spiro atoms. The average molecular weight is 364 g/mol. The minimum absolute atomic E-state index is 0.374. The Morgan fingerprint density at radius 2 is 0.821 bits per heavy atom. The fraction of sp³-hybridized carbons (Fsp3) is 0.154. The third-order valence-electron chi connectivity index (χ3n) is 5.35. The van der Waals surface area contributed by atoms with E-state index in [1.165, 1.54) is 22.3 Å². The maximum Gasteiger partial charge on any atom is 0.0270 e. The Morgan fingerprint density at radius 1 is 0.464 bits per heavy atom. The van der Waals surface area contributed by atoms with Crippen LogP contribution in [0.15, 0.2) is 110 Å². The lowest BCUT2D eigenvalue weighted by Crippen LogP contribution is -2.17. The van der Waals surface area contributed by atoms with Gasteiger partial charge in [-0.3, -0.25) is 9.97 Å². The highest BCUT2D eigenvalue weighted by atomic mass is 14.6. The second kappa shape index (κ2) is 9.09. The molecule has 0 bridgehead atoms. The minimum Gasteiger partial charge on any atom is -0.265 e. The van der Waals surface area contributed by atoms with E-state index in [1.54, 1.807) is 0 Å². The molecule has 4 aromatic rings. The zero-order valence-corrected chi connectivity index (χ0v) is 15.9. The van der Waals surface area contributed by atoms with Gasteiger partial charge in [0.15, 0.2) is 0 Å². The lowest BCUT2D eigenvalue weighted by atomic mass is 9.75. The van der Waals surface area contributed by atoms with Crippen LogP contribution in [0.3, 0.4) is 0 Å². The zero-order chi connectivity index (χ0) is 19.0. The largest absolute Gasteiger partial charge is 0.265 e. The molecule has 2 aromatic carbocycles. The van der Waals surface area contributed by atoms with E-state index in [-0.39, 0.29) is 0 Å². The van der Waals surface area contributed by atoms with Gasteiger partial charge in [-0.05, 0) is 71.2 Å². The smallest absolute Gasteiger partial charge is 0.0270 e. The summed E-state index contributed by atoms with van der Waals surface area (Å²) in [6.07, 6.45) is 9.51. The Labute approximate surface area is 167 Å². The van der Waals surface area contributed by atoms with Crippen LogP contribution in [0, 0.1) is 0 Å². The van der Waals surface area contributed by atoms with Crippen molar-refractivity contribution >= 4 is 0 Å². The Balaban J connectivity index is 1.76. The number of aromatic nitrogens is 2. The number of rotatable bonds is 7. The first-order chi connectivity index (χ1) is 13.9. The van der Waals surface area contributed by atoms with Crippen LogP contribution in [0.1, 0.15) is 34.1 Å². The molecule has 2 unspecified atom stereocenters. The van der Waals surface area contributed by atoms with E-state index in [1.807, 2.05) is 24.8 Å². The SMILES string of the molecule is c1ccc(C(Cc2ccncc2)C(Cc2ccncc2)c2ccccc2)cc1. The van der Waals surface area contributed by atoms with Gasteiger partial charge in [-0.25, -0.2) is 0 Å². The Hall–Kier alpha value is -3.26. The lowest BCUT2D eigenvalue weighted by molar-refractivity contribution is 0.530. The van der Waals surface area contributed by atoms with Gasteiger partial charge >= 0.3 is 0 Å². The monoisotopic (exact) mass is 364 g/mol. The number of hydrogen-bond donors (Lipinski definition) is 0. The van der Waals surface area contributed by atoms with Crippen LogP contribution in [0.25, 0.3) is 0 Å². The van der Waals surface area contributed by atoms with Gasteiger partial charge in [0.2, 0.25) is 0 Å². The van der Waals surface area contributed by atoms with E-state index in [2.05, 4.69) is 94.9 Å². The van der Waals surface area contributed by atoms with E-state index in [0.717, 1.165) is 12.8 Å². The van der Waals surface area contributed by atoms with Crippen molar-refractivity contribution < 1.29 is 0 Å². The highest BCUT2D eigenvalue weighted by Crippen LogP contribution is 2.38. The molecule has 2 atom stereocenters. The standard InChI is InChI=1S/C26H24N2/c1-3-7-23(8-4-1)25(19-21-11-15-27-16-12-21)26(24-9-5-2-6-10-24)20-22-13-17-28-18-14-22/h1-18,25-26H,19-20H2. The molecule has 0 amide bonds. The van der Waals surface area contributed by atoms with Gasteiger partial charge in [0.05, 0.1) is 0 Å². The molecule has 4 rings (SSSR count). The molecule has 2 nitrogen and oxygen atoms in total. The molecule has 138 valence electrons. The summed E-state index contributed by atoms with van der Waals surface area (Å²) < 4.78 is 0. The second-order valence-electron chi connectivity index (χ2n) is 7.15. The normalized spacial score (nSPS) is 13.0. The topological polar surface area (TPSA) is 25.8 Å². The number of hydrogen-bond acceptors (Lipinski definition) is 2. The van der Waals surface area contributed by atoms with Crippen LogP contribution in [0.5, 0.6) is 0 Å². The van der Waals surface area contributed by atoms with Gasteiger partial charge in [0, 0.05) is 24.8 Å². The molecule has 0 aliphatic carbocycles. The van der Waals surface area contributed by atoms with Crippen LogP contribution < -0.4 is 0 Å². The summed E-state index contributed by atoms with van der Waals surface area (Å²) in [4.78, 5) is 8.38. The molecular weight excluding hydrogens is 340 g/mol. The number of nitrogens with zero attached hydrogens (tertiary/aromatic N) is 2. The first kappa shape index (κ1) is 18.1. The summed E-state index contributed by atoms with van der Waals surface area (Å²) in [5, 5.41) is 0. The quantitative estimate of drug-likeness (QED) is 0.412.